The van der Waals surface area contributed by atoms with Gasteiger partial charge in [-0.05, 0) is 15.7 Å². The van der Waals surface area contributed by atoms with Crippen LogP contribution in [0.15, 0.2) is 16.2 Å². The number of hydrogen-bond donors (Lipinski definition) is 0. The lowest BCUT2D eigenvalue weighted by molar-refractivity contribution is -0.141. The standard InChI is InChI=1S/C10H7F3INO/c11-10(12,13)9-2-1-7-6(3-14)4-16-5-8(7)15-9/h1-3H,4-5H2. The van der Waals surface area contributed by atoms with Gasteiger partial charge in [0.15, 0.2) is 0 Å². The number of pyridine rings is 1. The molecule has 1 aromatic rings. The van der Waals surface area contributed by atoms with Crippen LogP contribution in [0.2, 0.25) is 0 Å². The van der Waals surface area contributed by atoms with Crippen LogP contribution in [0.3, 0.4) is 0 Å². The fourth-order valence-corrected chi connectivity index (χ4v) is 2.00. The first-order chi connectivity index (χ1) is 7.52. The van der Waals surface area contributed by atoms with E-state index in [0.717, 1.165) is 17.2 Å². The zero-order valence-electron chi connectivity index (χ0n) is 8.01. The number of fused-ring (bicyclic) bond motifs is 1. The summed E-state index contributed by atoms with van der Waals surface area (Å²) < 4.78 is 44.2. The SMILES string of the molecule is FC(F)(F)c1ccc2c(n1)COCC2=CI. The molecule has 0 aliphatic carbocycles. The van der Waals surface area contributed by atoms with E-state index in [1.54, 1.807) is 4.08 Å². The van der Waals surface area contributed by atoms with Crippen LogP contribution in [0.25, 0.3) is 5.57 Å². The maximum Gasteiger partial charge on any atom is 0.433 e. The Morgan fingerprint density at radius 3 is 2.69 bits per heavy atom. The number of alkyl halides is 3. The number of halogens is 4. The largest absolute Gasteiger partial charge is 0.433 e. The molecule has 0 radical (unpaired) electrons. The quantitative estimate of drug-likeness (QED) is 0.675. The third-order valence-electron chi connectivity index (χ3n) is 2.24. The van der Waals surface area contributed by atoms with Gasteiger partial charge in [-0.1, -0.05) is 28.7 Å². The van der Waals surface area contributed by atoms with Gasteiger partial charge in [-0.2, -0.15) is 13.2 Å². The van der Waals surface area contributed by atoms with E-state index in [1.807, 2.05) is 22.6 Å². The fraction of sp³-hybridized carbons (Fsp3) is 0.300. The number of aromatic nitrogens is 1. The number of ether oxygens (including phenoxy) is 1. The maximum atomic E-state index is 12.4. The van der Waals surface area contributed by atoms with Crippen LogP contribution < -0.4 is 0 Å². The first-order valence-electron chi connectivity index (χ1n) is 4.47. The zero-order chi connectivity index (χ0) is 11.8. The lowest BCUT2D eigenvalue weighted by Crippen LogP contribution is -2.15. The number of rotatable bonds is 0. The molecule has 0 fully saturated rings. The Bertz CT molecular complexity index is 442. The van der Waals surface area contributed by atoms with Gasteiger partial charge in [-0.3, -0.25) is 0 Å². The molecular weight excluding hydrogens is 334 g/mol. The molecule has 86 valence electrons. The van der Waals surface area contributed by atoms with Crippen molar-refractivity contribution in [1.82, 2.24) is 4.98 Å². The Morgan fingerprint density at radius 2 is 2.06 bits per heavy atom. The van der Waals surface area contributed by atoms with Crippen LogP contribution in [0.5, 0.6) is 0 Å². The van der Waals surface area contributed by atoms with Crippen LogP contribution in [0.1, 0.15) is 17.0 Å². The third-order valence-corrected chi connectivity index (χ3v) is 2.99. The Hall–Kier alpha value is -0.630. The van der Waals surface area contributed by atoms with E-state index in [-0.39, 0.29) is 6.61 Å². The minimum Gasteiger partial charge on any atom is -0.370 e. The molecule has 0 unspecified atom stereocenters. The Balaban J connectivity index is 2.47. The van der Waals surface area contributed by atoms with Crippen molar-refractivity contribution in [3.05, 3.63) is 33.2 Å². The van der Waals surface area contributed by atoms with Crippen molar-refractivity contribution in [2.75, 3.05) is 6.61 Å². The molecule has 1 aliphatic rings. The van der Waals surface area contributed by atoms with E-state index in [2.05, 4.69) is 4.98 Å². The van der Waals surface area contributed by atoms with Crippen LogP contribution in [0.4, 0.5) is 13.2 Å². The minimum atomic E-state index is -4.40. The van der Waals surface area contributed by atoms with Crippen molar-refractivity contribution < 1.29 is 17.9 Å². The fourth-order valence-electron chi connectivity index (χ4n) is 1.49. The van der Waals surface area contributed by atoms with Crippen molar-refractivity contribution in [2.24, 2.45) is 0 Å². The van der Waals surface area contributed by atoms with Gasteiger partial charge in [-0.15, -0.1) is 0 Å². The van der Waals surface area contributed by atoms with Gasteiger partial charge in [0.25, 0.3) is 0 Å². The van der Waals surface area contributed by atoms with Gasteiger partial charge in [-0.25, -0.2) is 4.98 Å². The lowest BCUT2D eigenvalue weighted by Gasteiger charge is -2.19. The highest BCUT2D eigenvalue weighted by molar-refractivity contribution is 14.1. The highest BCUT2D eigenvalue weighted by Gasteiger charge is 2.33. The normalized spacial score (nSPS) is 18.6. The Morgan fingerprint density at radius 1 is 1.31 bits per heavy atom. The second kappa shape index (κ2) is 4.33. The van der Waals surface area contributed by atoms with E-state index >= 15 is 0 Å². The van der Waals surface area contributed by atoms with E-state index in [1.165, 1.54) is 6.07 Å². The van der Waals surface area contributed by atoms with Crippen molar-refractivity contribution in [3.63, 3.8) is 0 Å². The summed E-state index contributed by atoms with van der Waals surface area (Å²) in [7, 11) is 0. The van der Waals surface area contributed by atoms with Gasteiger partial charge in [0.1, 0.15) is 5.69 Å². The Labute approximate surface area is 104 Å². The molecular formula is C10H7F3INO. The first kappa shape index (κ1) is 11.8. The predicted molar refractivity (Wildman–Crippen MR) is 60.9 cm³/mol. The summed E-state index contributed by atoms with van der Waals surface area (Å²) in [6, 6.07) is 2.46. The van der Waals surface area contributed by atoms with Crippen molar-refractivity contribution >= 4 is 28.2 Å². The second-order valence-corrected chi connectivity index (χ2v) is 3.94. The molecule has 16 heavy (non-hydrogen) atoms. The minimum absolute atomic E-state index is 0.132. The average molecular weight is 341 g/mol. The van der Waals surface area contributed by atoms with Crippen LogP contribution in [-0.2, 0) is 17.5 Å². The van der Waals surface area contributed by atoms with Crippen molar-refractivity contribution in [1.29, 1.82) is 0 Å². The molecule has 0 amide bonds. The lowest BCUT2D eigenvalue weighted by atomic mass is 10.0. The maximum absolute atomic E-state index is 12.4. The molecule has 1 aromatic heterocycles. The highest BCUT2D eigenvalue weighted by atomic mass is 127. The zero-order valence-corrected chi connectivity index (χ0v) is 10.2. The van der Waals surface area contributed by atoms with Gasteiger partial charge in [0, 0.05) is 5.56 Å². The summed E-state index contributed by atoms with van der Waals surface area (Å²) in [4.78, 5) is 3.59. The van der Waals surface area contributed by atoms with E-state index in [0.29, 0.717) is 12.3 Å². The molecule has 1 aliphatic heterocycles. The summed E-state index contributed by atoms with van der Waals surface area (Å²) >= 11 is 2.04. The molecule has 2 heterocycles. The second-order valence-electron chi connectivity index (χ2n) is 3.32. The topological polar surface area (TPSA) is 22.1 Å². The smallest absolute Gasteiger partial charge is 0.370 e. The van der Waals surface area contributed by atoms with E-state index in [9.17, 15) is 13.2 Å². The molecule has 0 bridgehead atoms. The summed E-state index contributed by atoms with van der Waals surface area (Å²) in [5.74, 6) is 0. The molecule has 0 aromatic carbocycles. The first-order valence-corrected chi connectivity index (χ1v) is 5.71. The summed E-state index contributed by atoms with van der Waals surface area (Å²) in [6.45, 7) is 0.552. The third kappa shape index (κ3) is 2.22. The van der Waals surface area contributed by atoms with Gasteiger partial charge in [0.05, 0.1) is 18.9 Å². The van der Waals surface area contributed by atoms with E-state index in [4.69, 9.17) is 4.74 Å². The summed E-state index contributed by atoms with van der Waals surface area (Å²) in [5.41, 5.74) is 1.09. The van der Waals surface area contributed by atoms with E-state index < -0.39 is 11.9 Å². The summed E-state index contributed by atoms with van der Waals surface area (Å²) in [5, 5.41) is 0. The molecule has 0 N–H and O–H groups in total. The van der Waals surface area contributed by atoms with Crippen LogP contribution >= 0.6 is 22.6 Å². The predicted octanol–water partition coefficient (Wildman–Crippen LogP) is 3.41. The molecule has 0 atom stereocenters. The Kier molecular flexibility index (Phi) is 3.20. The van der Waals surface area contributed by atoms with Crippen molar-refractivity contribution in [3.8, 4) is 0 Å². The summed E-state index contributed by atoms with van der Waals surface area (Å²) in [6.07, 6.45) is -4.40. The van der Waals surface area contributed by atoms with Gasteiger partial charge >= 0.3 is 6.18 Å². The number of hydrogen-bond acceptors (Lipinski definition) is 2. The van der Waals surface area contributed by atoms with Gasteiger partial charge in [0.2, 0.25) is 0 Å². The molecule has 0 spiro atoms. The van der Waals surface area contributed by atoms with Crippen molar-refractivity contribution in [2.45, 2.75) is 12.8 Å². The molecule has 2 rings (SSSR count). The molecule has 6 heteroatoms. The number of nitrogens with zero attached hydrogens (tertiary/aromatic N) is 1. The average Bonchev–Trinajstić information content (AvgIpc) is 2.26. The van der Waals surface area contributed by atoms with Gasteiger partial charge < -0.3 is 4.74 Å². The van der Waals surface area contributed by atoms with Crippen LogP contribution in [0, 0.1) is 0 Å². The highest BCUT2D eigenvalue weighted by Crippen LogP contribution is 2.31. The molecule has 0 saturated carbocycles. The molecule has 0 saturated heterocycles. The van der Waals surface area contributed by atoms with Crippen LogP contribution in [-0.4, -0.2) is 11.6 Å². The monoisotopic (exact) mass is 341 g/mol. The molecule has 2 nitrogen and oxygen atoms in total.